The molecule has 18 heavy (non-hydrogen) atoms. The van der Waals surface area contributed by atoms with Crippen molar-refractivity contribution in [3.05, 3.63) is 18.2 Å². The van der Waals surface area contributed by atoms with Crippen molar-refractivity contribution >= 4 is 5.96 Å². The topological polar surface area (TPSA) is 100 Å². The van der Waals surface area contributed by atoms with E-state index in [0.717, 1.165) is 38.4 Å². The fourth-order valence-electron chi connectivity index (χ4n) is 1.39. The first-order chi connectivity index (χ1) is 8.86. The second-order valence-electron chi connectivity index (χ2n) is 3.64. The third-order valence-corrected chi connectivity index (χ3v) is 2.27. The summed E-state index contributed by atoms with van der Waals surface area (Å²) in [5, 5.41) is 3.11. The lowest BCUT2D eigenvalue weighted by molar-refractivity contribution is 0.146. The number of aromatic nitrogens is 2. The third kappa shape index (κ3) is 6.21. The smallest absolute Gasteiger partial charge is 0.205 e. The van der Waals surface area contributed by atoms with Crippen LogP contribution in [0.5, 0.6) is 0 Å². The van der Waals surface area contributed by atoms with Gasteiger partial charge in [0.15, 0.2) is 0 Å². The van der Waals surface area contributed by atoms with E-state index in [1.54, 1.807) is 12.4 Å². The molecule has 1 heterocycles. The Hall–Kier alpha value is -1.60. The highest BCUT2D eigenvalue weighted by molar-refractivity contribution is 5.79. The van der Waals surface area contributed by atoms with Gasteiger partial charge >= 0.3 is 0 Å². The number of ether oxygens (including phenoxy) is 1. The van der Waals surface area contributed by atoms with Crippen LogP contribution in [0.15, 0.2) is 17.4 Å². The lowest BCUT2D eigenvalue weighted by Crippen LogP contribution is -2.42. The van der Waals surface area contributed by atoms with Gasteiger partial charge in [-0.05, 0) is 13.3 Å². The summed E-state index contributed by atoms with van der Waals surface area (Å²) in [7, 11) is 0. The maximum Gasteiger partial charge on any atom is 0.205 e. The van der Waals surface area contributed by atoms with Gasteiger partial charge in [-0.1, -0.05) is 0 Å². The Kier molecular flexibility index (Phi) is 7.58. The second kappa shape index (κ2) is 9.43. The van der Waals surface area contributed by atoms with Crippen LogP contribution in [0.25, 0.3) is 0 Å². The quantitative estimate of drug-likeness (QED) is 0.169. The van der Waals surface area contributed by atoms with E-state index in [9.17, 15) is 0 Å². The van der Waals surface area contributed by atoms with E-state index in [2.05, 4.69) is 25.7 Å². The summed E-state index contributed by atoms with van der Waals surface area (Å²) in [6.45, 7) is 4.86. The van der Waals surface area contributed by atoms with Crippen molar-refractivity contribution in [3.63, 3.8) is 0 Å². The normalized spacial score (nSPS) is 11.6. The van der Waals surface area contributed by atoms with Gasteiger partial charge in [0.1, 0.15) is 5.82 Å². The van der Waals surface area contributed by atoms with Gasteiger partial charge in [0.25, 0.3) is 0 Å². The molecule has 0 unspecified atom stereocenters. The molecule has 1 aromatic heterocycles. The van der Waals surface area contributed by atoms with Crippen molar-refractivity contribution in [3.8, 4) is 0 Å². The van der Waals surface area contributed by atoms with Crippen LogP contribution >= 0.6 is 0 Å². The Balaban J connectivity index is 2.14. The van der Waals surface area contributed by atoms with Crippen molar-refractivity contribution in [1.82, 2.24) is 20.7 Å². The lowest BCUT2D eigenvalue weighted by Gasteiger charge is -2.08. The number of guanidine groups is 1. The van der Waals surface area contributed by atoms with Crippen molar-refractivity contribution in [2.75, 3.05) is 26.3 Å². The number of H-pyrrole nitrogens is 1. The van der Waals surface area contributed by atoms with Crippen LogP contribution in [-0.4, -0.2) is 42.2 Å². The number of aromatic amines is 1. The zero-order chi connectivity index (χ0) is 13.1. The number of nitrogens with zero attached hydrogens (tertiary/aromatic N) is 2. The highest BCUT2D eigenvalue weighted by Gasteiger charge is 1.97. The molecule has 1 aromatic rings. The molecule has 0 saturated carbocycles. The molecule has 0 bridgehead atoms. The molecule has 0 spiro atoms. The number of hydrogen-bond donors (Lipinski definition) is 4. The number of aliphatic imine (C=N–C) groups is 1. The van der Waals surface area contributed by atoms with Gasteiger partial charge in [0, 0.05) is 45.1 Å². The summed E-state index contributed by atoms with van der Waals surface area (Å²) in [6.07, 6.45) is 5.23. The molecule has 0 radical (unpaired) electrons. The second-order valence-corrected chi connectivity index (χ2v) is 3.64. The summed E-state index contributed by atoms with van der Waals surface area (Å²) < 4.78 is 5.23. The molecule has 0 aliphatic carbocycles. The molecule has 5 N–H and O–H groups in total. The number of rotatable bonds is 8. The SMILES string of the molecule is CCOCCCN=C(NN)NCCc1ncc[nH]1. The van der Waals surface area contributed by atoms with Crippen molar-refractivity contribution in [2.24, 2.45) is 10.8 Å². The maximum absolute atomic E-state index is 5.38. The van der Waals surface area contributed by atoms with E-state index in [4.69, 9.17) is 10.6 Å². The molecule has 1 rings (SSSR count). The first-order valence-corrected chi connectivity index (χ1v) is 6.17. The van der Waals surface area contributed by atoms with Crippen molar-refractivity contribution in [1.29, 1.82) is 0 Å². The van der Waals surface area contributed by atoms with E-state index in [1.165, 1.54) is 0 Å². The standard InChI is InChI=1S/C11H22N6O/c1-2-18-9-3-5-15-11(17-12)16-6-4-10-13-7-8-14-10/h7-8H,2-6,9,12H2,1H3,(H,13,14)(H2,15,16,17). The Morgan fingerprint density at radius 2 is 2.50 bits per heavy atom. The van der Waals surface area contributed by atoms with Gasteiger partial charge in [0.2, 0.25) is 5.96 Å². The summed E-state index contributed by atoms with van der Waals surface area (Å²) in [5.41, 5.74) is 2.54. The molecule has 0 saturated heterocycles. The van der Waals surface area contributed by atoms with Gasteiger partial charge in [-0.3, -0.25) is 10.4 Å². The van der Waals surface area contributed by atoms with Crippen LogP contribution in [0.1, 0.15) is 19.2 Å². The molecule has 7 nitrogen and oxygen atoms in total. The monoisotopic (exact) mass is 254 g/mol. The zero-order valence-electron chi connectivity index (χ0n) is 10.8. The molecule has 102 valence electrons. The van der Waals surface area contributed by atoms with Gasteiger partial charge < -0.3 is 15.0 Å². The Morgan fingerprint density at radius 3 is 3.17 bits per heavy atom. The molecule has 0 aromatic carbocycles. The first kappa shape index (κ1) is 14.5. The van der Waals surface area contributed by atoms with Crippen LogP contribution in [0.2, 0.25) is 0 Å². The molecule has 0 fully saturated rings. The average Bonchev–Trinajstić information content (AvgIpc) is 2.89. The maximum atomic E-state index is 5.38. The van der Waals surface area contributed by atoms with Gasteiger partial charge in [-0.25, -0.2) is 10.8 Å². The summed E-state index contributed by atoms with van der Waals surface area (Å²) in [5.74, 6) is 6.91. The molecule has 0 atom stereocenters. The van der Waals surface area contributed by atoms with E-state index >= 15 is 0 Å². The van der Waals surface area contributed by atoms with Crippen molar-refractivity contribution < 1.29 is 4.74 Å². The van der Waals surface area contributed by atoms with Crippen molar-refractivity contribution in [2.45, 2.75) is 19.8 Å². The molecule has 0 aliphatic heterocycles. The van der Waals surface area contributed by atoms with Crippen LogP contribution < -0.4 is 16.6 Å². The number of imidazole rings is 1. The minimum atomic E-state index is 0.595. The van der Waals surface area contributed by atoms with E-state index in [0.29, 0.717) is 12.5 Å². The van der Waals surface area contributed by atoms with Gasteiger partial charge in [-0.15, -0.1) is 0 Å². The average molecular weight is 254 g/mol. The molecule has 0 amide bonds. The fraction of sp³-hybridized carbons (Fsp3) is 0.636. The summed E-state index contributed by atoms with van der Waals surface area (Å²) in [6, 6.07) is 0. The molecular formula is C11H22N6O. The first-order valence-electron chi connectivity index (χ1n) is 6.17. The number of hydrogen-bond acceptors (Lipinski definition) is 4. The molecular weight excluding hydrogens is 232 g/mol. The highest BCUT2D eigenvalue weighted by Crippen LogP contribution is 1.88. The lowest BCUT2D eigenvalue weighted by atomic mass is 10.4. The van der Waals surface area contributed by atoms with Gasteiger partial charge in [0.05, 0.1) is 0 Å². The largest absolute Gasteiger partial charge is 0.382 e. The number of nitrogens with one attached hydrogen (secondary N) is 3. The Bertz CT molecular complexity index is 324. The van der Waals surface area contributed by atoms with Crippen LogP contribution in [0.3, 0.4) is 0 Å². The van der Waals surface area contributed by atoms with Crippen LogP contribution in [0.4, 0.5) is 0 Å². The van der Waals surface area contributed by atoms with E-state index < -0.39 is 0 Å². The van der Waals surface area contributed by atoms with Crippen LogP contribution in [-0.2, 0) is 11.2 Å². The fourth-order valence-corrected chi connectivity index (χ4v) is 1.39. The van der Waals surface area contributed by atoms with E-state index in [-0.39, 0.29) is 0 Å². The Labute approximate surface area is 107 Å². The predicted octanol–water partition coefficient (Wildman–Crippen LogP) is -0.212. The summed E-state index contributed by atoms with van der Waals surface area (Å²) >= 11 is 0. The van der Waals surface area contributed by atoms with Crippen LogP contribution in [0, 0.1) is 0 Å². The zero-order valence-corrected chi connectivity index (χ0v) is 10.8. The minimum absolute atomic E-state index is 0.595. The summed E-state index contributed by atoms with van der Waals surface area (Å²) in [4.78, 5) is 11.5. The highest BCUT2D eigenvalue weighted by atomic mass is 16.5. The number of nitrogens with two attached hydrogens (primary N) is 1. The predicted molar refractivity (Wildman–Crippen MR) is 71.0 cm³/mol. The minimum Gasteiger partial charge on any atom is -0.382 e. The Morgan fingerprint density at radius 1 is 1.61 bits per heavy atom. The number of hydrazine groups is 1. The van der Waals surface area contributed by atoms with Gasteiger partial charge in [-0.2, -0.15) is 0 Å². The third-order valence-electron chi connectivity index (χ3n) is 2.27. The molecule has 0 aliphatic rings. The van der Waals surface area contributed by atoms with E-state index in [1.807, 2.05) is 6.92 Å². The molecule has 7 heteroatoms.